The number of benzene rings is 1. The Bertz CT molecular complexity index is 788. The summed E-state index contributed by atoms with van der Waals surface area (Å²) in [5.41, 5.74) is -0.625. The zero-order valence-electron chi connectivity index (χ0n) is 13.8. The van der Waals surface area contributed by atoms with Crippen molar-refractivity contribution in [2.45, 2.75) is 31.8 Å². The zero-order valence-corrected chi connectivity index (χ0v) is 13.8. The Balaban J connectivity index is 0.00000109. The number of halogens is 1. The quantitative estimate of drug-likeness (QED) is 0.842. The van der Waals surface area contributed by atoms with E-state index in [4.69, 9.17) is 9.47 Å². The molecular formula is C18H21FN2O4. The van der Waals surface area contributed by atoms with Gasteiger partial charge in [-0.15, -0.1) is 13.2 Å². The van der Waals surface area contributed by atoms with Crippen LogP contribution in [0.5, 0.6) is 0 Å². The molecule has 6 nitrogen and oxygen atoms in total. The second-order valence-electron chi connectivity index (χ2n) is 5.43. The highest BCUT2D eigenvalue weighted by Gasteiger charge is 2.27. The first-order valence-electron chi connectivity index (χ1n) is 7.91. The van der Waals surface area contributed by atoms with Gasteiger partial charge in [0, 0.05) is 0 Å². The Morgan fingerprint density at radius 3 is 2.68 bits per heavy atom. The summed E-state index contributed by atoms with van der Waals surface area (Å²) in [6.07, 6.45) is 1.40. The fraction of sp³-hybridized carbons (Fsp3) is 0.333. The van der Waals surface area contributed by atoms with Crippen molar-refractivity contribution in [3.8, 4) is 0 Å². The average molecular weight is 348 g/mol. The topological polar surface area (TPSA) is 73.3 Å². The van der Waals surface area contributed by atoms with E-state index >= 15 is 0 Å². The molecule has 1 aromatic carbocycles. The van der Waals surface area contributed by atoms with Crippen molar-refractivity contribution >= 4 is 0 Å². The standard InChI is InChI=1S/C16H17FN2O4.C2H4/c17-13-8-19(16(21)18-15(13)20)14-7-6-12(23-14)10-22-9-11-4-2-1-3-5-11;1-2/h1-5,8,12,14H,6-7,9-10H2,(H,18,20,21);1-2H2/t12-,14?;/m0./s1. The maximum absolute atomic E-state index is 13.3. The minimum atomic E-state index is -1.02. The Morgan fingerprint density at radius 1 is 1.24 bits per heavy atom. The van der Waals surface area contributed by atoms with Crippen molar-refractivity contribution in [1.82, 2.24) is 9.55 Å². The van der Waals surface area contributed by atoms with E-state index in [-0.39, 0.29) is 6.10 Å². The fourth-order valence-corrected chi connectivity index (χ4v) is 2.57. The maximum atomic E-state index is 13.3. The predicted octanol–water partition coefficient (Wildman–Crippen LogP) is 2.37. The molecule has 2 aromatic rings. The van der Waals surface area contributed by atoms with Crippen LogP contribution in [0.1, 0.15) is 24.6 Å². The van der Waals surface area contributed by atoms with Crippen molar-refractivity contribution in [2.75, 3.05) is 6.61 Å². The highest BCUT2D eigenvalue weighted by atomic mass is 19.1. The monoisotopic (exact) mass is 348 g/mol. The predicted molar refractivity (Wildman–Crippen MR) is 91.8 cm³/mol. The van der Waals surface area contributed by atoms with Crippen LogP contribution in [0.2, 0.25) is 0 Å². The fourth-order valence-electron chi connectivity index (χ4n) is 2.57. The van der Waals surface area contributed by atoms with Gasteiger partial charge in [-0.25, -0.2) is 4.79 Å². The average Bonchev–Trinajstić information content (AvgIpc) is 3.09. The Morgan fingerprint density at radius 2 is 1.96 bits per heavy atom. The van der Waals surface area contributed by atoms with Gasteiger partial charge in [0.2, 0.25) is 5.82 Å². The summed E-state index contributed by atoms with van der Waals surface area (Å²) in [6, 6.07) is 9.77. The van der Waals surface area contributed by atoms with Crippen LogP contribution in [0.25, 0.3) is 0 Å². The van der Waals surface area contributed by atoms with Crippen molar-refractivity contribution in [3.63, 3.8) is 0 Å². The number of hydrogen-bond donors (Lipinski definition) is 1. The van der Waals surface area contributed by atoms with E-state index in [1.54, 1.807) is 0 Å². The van der Waals surface area contributed by atoms with E-state index in [9.17, 15) is 14.0 Å². The summed E-state index contributed by atoms with van der Waals surface area (Å²) in [5.74, 6) is -1.00. The second-order valence-corrected chi connectivity index (χ2v) is 5.43. The van der Waals surface area contributed by atoms with Crippen molar-refractivity contribution in [1.29, 1.82) is 0 Å². The molecular weight excluding hydrogens is 327 g/mol. The van der Waals surface area contributed by atoms with Crippen LogP contribution in [0.4, 0.5) is 4.39 Å². The highest BCUT2D eigenvalue weighted by molar-refractivity contribution is 5.13. The summed E-state index contributed by atoms with van der Waals surface area (Å²) in [6.45, 7) is 6.88. The second kappa shape index (κ2) is 9.10. The molecule has 0 amide bonds. The van der Waals surface area contributed by atoms with Gasteiger partial charge in [-0.1, -0.05) is 30.3 Å². The first kappa shape index (κ1) is 18.8. The first-order valence-corrected chi connectivity index (χ1v) is 7.91. The SMILES string of the molecule is C=C.O=c1[nH]c(=O)n(C2CC[C@@H](COCc3ccccc3)O2)cc1F. The Kier molecular flexibility index (Phi) is 6.85. The van der Waals surface area contributed by atoms with Gasteiger partial charge in [0.1, 0.15) is 6.23 Å². The van der Waals surface area contributed by atoms with Gasteiger partial charge in [-0.3, -0.25) is 14.3 Å². The van der Waals surface area contributed by atoms with Crippen LogP contribution in [-0.2, 0) is 16.1 Å². The van der Waals surface area contributed by atoms with Crippen LogP contribution >= 0.6 is 0 Å². The molecule has 0 radical (unpaired) electrons. The Hall–Kier alpha value is -2.51. The van der Waals surface area contributed by atoms with Crippen molar-refractivity contribution < 1.29 is 13.9 Å². The normalized spacial score (nSPS) is 19.2. The van der Waals surface area contributed by atoms with E-state index in [1.165, 1.54) is 0 Å². The molecule has 1 N–H and O–H groups in total. The zero-order chi connectivity index (χ0) is 18.2. The van der Waals surface area contributed by atoms with Crippen LogP contribution in [0.15, 0.2) is 59.3 Å². The maximum Gasteiger partial charge on any atom is 0.330 e. The van der Waals surface area contributed by atoms with E-state index in [0.29, 0.717) is 26.1 Å². The lowest BCUT2D eigenvalue weighted by Crippen LogP contribution is -2.34. The number of nitrogens with one attached hydrogen (secondary N) is 1. The van der Waals surface area contributed by atoms with Crippen LogP contribution < -0.4 is 11.2 Å². The van der Waals surface area contributed by atoms with Crippen LogP contribution in [0, 0.1) is 5.82 Å². The van der Waals surface area contributed by atoms with Gasteiger partial charge in [0.25, 0.3) is 5.56 Å². The minimum Gasteiger partial charge on any atom is -0.374 e. The van der Waals surface area contributed by atoms with Gasteiger partial charge in [0.15, 0.2) is 0 Å². The molecule has 0 bridgehead atoms. The lowest BCUT2D eigenvalue weighted by molar-refractivity contribution is -0.0466. The summed E-state index contributed by atoms with van der Waals surface area (Å²) in [4.78, 5) is 24.7. The molecule has 1 aliphatic rings. The van der Waals surface area contributed by atoms with E-state index in [1.807, 2.05) is 35.3 Å². The largest absolute Gasteiger partial charge is 0.374 e. The van der Waals surface area contributed by atoms with E-state index in [0.717, 1.165) is 16.3 Å². The molecule has 134 valence electrons. The molecule has 25 heavy (non-hydrogen) atoms. The molecule has 0 spiro atoms. The third-order valence-electron chi connectivity index (χ3n) is 3.74. The lowest BCUT2D eigenvalue weighted by Gasteiger charge is -2.15. The first-order chi connectivity index (χ1) is 12.1. The summed E-state index contributed by atoms with van der Waals surface area (Å²) in [5, 5.41) is 0. The van der Waals surface area contributed by atoms with Crippen LogP contribution in [-0.4, -0.2) is 22.3 Å². The van der Waals surface area contributed by atoms with Crippen LogP contribution in [0.3, 0.4) is 0 Å². The molecule has 7 heteroatoms. The van der Waals surface area contributed by atoms with Gasteiger partial charge < -0.3 is 9.47 Å². The number of H-pyrrole nitrogens is 1. The van der Waals surface area contributed by atoms with E-state index in [2.05, 4.69) is 13.2 Å². The van der Waals surface area contributed by atoms with Crippen molar-refractivity contribution in [3.05, 3.63) is 81.9 Å². The third kappa shape index (κ3) is 4.98. The summed E-state index contributed by atoms with van der Waals surface area (Å²) < 4.78 is 25.7. The number of ether oxygens (including phenoxy) is 2. The van der Waals surface area contributed by atoms with Gasteiger partial charge in [0.05, 0.1) is 25.5 Å². The van der Waals surface area contributed by atoms with Gasteiger partial charge >= 0.3 is 5.69 Å². The molecule has 1 fully saturated rings. The van der Waals surface area contributed by atoms with Crippen molar-refractivity contribution in [2.24, 2.45) is 0 Å². The molecule has 1 aromatic heterocycles. The number of aromatic amines is 1. The number of rotatable bonds is 5. The molecule has 3 rings (SSSR count). The lowest BCUT2D eigenvalue weighted by atomic mass is 10.2. The minimum absolute atomic E-state index is 0.161. The van der Waals surface area contributed by atoms with Gasteiger partial charge in [-0.05, 0) is 18.4 Å². The van der Waals surface area contributed by atoms with Gasteiger partial charge in [-0.2, -0.15) is 4.39 Å². The van der Waals surface area contributed by atoms with E-state index < -0.39 is 23.3 Å². The number of hydrogen-bond acceptors (Lipinski definition) is 4. The third-order valence-corrected chi connectivity index (χ3v) is 3.74. The summed E-state index contributed by atoms with van der Waals surface area (Å²) in [7, 11) is 0. The highest BCUT2D eigenvalue weighted by Crippen LogP contribution is 2.27. The molecule has 2 atom stereocenters. The molecule has 1 unspecified atom stereocenters. The molecule has 0 aliphatic carbocycles. The smallest absolute Gasteiger partial charge is 0.330 e. The Labute approximate surface area is 144 Å². The number of aromatic nitrogens is 2. The molecule has 2 heterocycles. The molecule has 1 saturated heterocycles. The molecule has 1 aliphatic heterocycles. The summed E-state index contributed by atoms with van der Waals surface area (Å²) >= 11 is 0. The number of nitrogens with zero attached hydrogens (tertiary/aromatic N) is 1. The molecule has 0 saturated carbocycles.